The second-order valence-corrected chi connectivity index (χ2v) is 5.26. The Hall–Kier alpha value is -0.0800. The van der Waals surface area contributed by atoms with Crippen molar-refractivity contribution < 1.29 is 0 Å². The molecule has 2 N–H and O–H groups in total. The Bertz CT molecular complexity index is 196. The van der Waals surface area contributed by atoms with Crippen LogP contribution >= 0.6 is 0 Å². The van der Waals surface area contributed by atoms with Crippen molar-refractivity contribution in [1.82, 2.24) is 4.90 Å². The quantitative estimate of drug-likeness (QED) is 0.710. The van der Waals surface area contributed by atoms with E-state index in [2.05, 4.69) is 4.90 Å². The van der Waals surface area contributed by atoms with E-state index < -0.39 is 0 Å². The second kappa shape index (κ2) is 2.96. The highest BCUT2D eigenvalue weighted by Gasteiger charge is 2.41. The molecular weight excluding hydrogens is 160 g/mol. The van der Waals surface area contributed by atoms with Gasteiger partial charge in [0.05, 0.1) is 0 Å². The van der Waals surface area contributed by atoms with Gasteiger partial charge in [0.1, 0.15) is 0 Å². The predicted octanol–water partition coefficient (Wildman–Crippen LogP) is 1.35. The van der Waals surface area contributed by atoms with Crippen LogP contribution in [0.4, 0.5) is 0 Å². The van der Waals surface area contributed by atoms with Gasteiger partial charge >= 0.3 is 0 Å². The average molecular weight is 180 g/mol. The van der Waals surface area contributed by atoms with Crippen molar-refractivity contribution in [3.8, 4) is 0 Å². The molecule has 0 amide bonds. The van der Waals surface area contributed by atoms with Crippen molar-refractivity contribution in [2.45, 2.75) is 56.7 Å². The number of rotatable bonds is 3. The van der Waals surface area contributed by atoms with Gasteiger partial charge in [-0.25, -0.2) is 0 Å². The molecule has 13 heavy (non-hydrogen) atoms. The lowest BCUT2D eigenvalue weighted by molar-refractivity contribution is 0.225. The van der Waals surface area contributed by atoms with Gasteiger partial charge in [-0.05, 0) is 31.6 Å². The summed E-state index contributed by atoms with van der Waals surface area (Å²) in [6, 6.07) is 2.26. The molecule has 1 saturated heterocycles. The second-order valence-electron chi connectivity index (χ2n) is 5.26. The van der Waals surface area contributed by atoms with Crippen LogP contribution in [-0.2, 0) is 0 Å². The van der Waals surface area contributed by atoms with Crippen molar-refractivity contribution >= 4 is 0 Å². The molecule has 0 aromatic carbocycles. The fourth-order valence-electron chi connectivity index (χ4n) is 2.80. The highest BCUT2D eigenvalue weighted by atomic mass is 15.2. The first-order valence-corrected chi connectivity index (χ1v) is 5.84. The molecule has 3 fully saturated rings. The molecule has 0 spiro atoms. The van der Waals surface area contributed by atoms with Crippen LogP contribution in [0.5, 0.6) is 0 Å². The maximum Gasteiger partial charge on any atom is 0.0183 e. The molecule has 2 aliphatic carbocycles. The van der Waals surface area contributed by atoms with Gasteiger partial charge in [0.2, 0.25) is 0 Å². The van der Waals surface area contributed by atoms with Crippen LogP contribution in [-0.4, -0.2) is 29.6 Å². The molecule has 2 heteroatoms. The maximum atomic E-state index is 6.04. The van der Waals surface area contributed by atoms with E-state index in [4.69, 9.17) is 5.73 Å². The minimum atomic E-state index is 0.476. The van der Waals surface area contributed by atoms with Gasteiger partial charge in [-0.1, -0.05) is 12.8 Å². The summed E-state index contributed by atoms with van der Waals surface area (Å²) in [4.78, 5) is 2.71. The molecule has 1 aliphatic heterocycles. The lowest BCUT2D eigenvalue weighted by atomic mass is 10.1. The summed E-state index contributed by atoms with van der Waals surface area (Å²) in [5, 5.41) is 0. The van der Waals surface area contributed by atoms with E-state index in [1.807, 2.05) is 0 Å². The normalized spacial score (nSPS) is 41.3. The van der Waals surface area contributed by atoms with Crippen LogP contribution in [0.3, 0.4) is 0 Å². The molecule has 3 rings (SSSR count). The molecule has 0 radical (unpaired) electrons. The van der Waals surface area contributed by atoms with Crippen molar-refractivity contribution in [3.05, 3.63) is 0 Å². The highest BCUT2D eigenvalue weighted by molar-refractivity contribution is 4.98. The topological polar surface area (TPSA) is 29.3 Å². The average Bonchev–Trinajstić information content (AvgIpc) is 2.94. The van der Waals surface area contributed by atoms with Crippen molar-refractivity contribution in [2.24, 2.45) is 11.7 Å². The summed E-state index contributed by atoms with van der Waals surface area (Å²) in [7, 11) is 0. The van der Waals surface area contributed by atoms with Gasteiger partial charge in [-0.15, -0.1) is 0 Å². The summed E-state index contributed by atoms with van der Waals surface area (Å²) < 4.78 is 0. The maximum absolute atomic E-state index is 6.04. The van der Waals surface area contributed by atoms with E-state index in [0.29, 0.717) is 6.04 Å². The molecule has 1 heterocycles. The van der Waals surface area contributed by atoms with E-state index in [-0.39, 0.29) is 0 Å². The van der Waals surface area contributed by atoms with Crippen molar-refractivity contribution in [1.29, 1.82) is 0 Å². The Kier molecular flexibility index (Phi) is 1.88. The first-order valence-electron chi connectivity index (χ1n) is 5.84. The zero-order chi connectivity index (χ0) is 8.84. The number of hydrogen-bond donors (Lipinski definition) is 1. The lowest BCUT2D eigenvalue weighted by Gasteiger charge is -2.23. The largest absolute Gasteiger partial charge is 0.326 e. The van der Waals surface area contributed by atoms with Crippen LogP contribution in [0.15, 0.2) is 0 Å². The smallest absolute Gasteiger partial charge is 0.0183 e. The Balaban J connectivity index is 1.61. The van der Waals surface area contributed by atoms with Crippen LogP contribution in [0.2, 0.25) is 0 Å². The molecule has 2 atom stereocenters. The van der Waals surface area contributed by atoms with E-state index in [0.717, 1.165) is 18.0 Å². The number of nitrogens with zero attached hydrogens (tertiary/aromatic N) is 1. The van der Waals surface area contributed by atoms with Gasteiger partial charge < -0.3 is 5.73 Å². The fourth-order valence-corrected chi connectivity index (χ4v) is 2.80. The lowest BCUT2D eigenvalue weighted by Crippen LogP contribution is -2.33. The van der Waals surface area contributed by atoms with Gasteiger partial charge in [-0.3, -0.25) is 4.90 Å². The number of nitrogens with two attached hydrogens (primary N) is 1. The summed E-state index contributed by atoms with van der Waals surface area (Å²) >= 11 is 0. The van der Waals surface area contributed by atoms with E-state index in [1.54, 1.807) is 0 Å². The van der Waals surface area contributed by atoms with E-state index in [9.17, 15) is 0 Å². The molecule has 2 unspecified atom stereocenters. The van der Waals surface area contributed by atoms with Gasteiger partial charge in [0.25, 0.3) is 0 Å². The van der Waals surface area contributed by atoms with E-state index in [1.165, 1.54) is 45.1 Å². The van der Waals surface area contributed by atoms with E-state index >= 15 is 0 Å². The summed E-state index contributed by atoms with van der Waals surface area (Å²) in [5.74, 6) is 1.07. The Labute approximate surface area is 80.5 Å². The van der Waals surface area contributed by atoms with Crippen LogP contribution in [0, 0.1) is 5.92 Å². The third-order valence-corrected chi connectivity index (χ3v) is 3.81. The zero-order valence-corrected chi connectivity index (χ0v) is 8.28. The monoisotopic (exact) mass is 180 g/mol. The third kappa shape index (κ3) is 1.75. The summed E-state index contributed by atoms with van der Waals surface area (Å²) in [6.07, 6.45) is 8.58. The fraction of sp³-hybridized carbons (Fsp3) is 1.00. The molecular formula is C11H20N2. The molecule has 0 aromatic heterocycles. The Morgan fingerprint density at radius 1 is 1.15 bits per heavy atom. The zero-order valence-electron chi connectivity index (χ0n) is 8.28. The SMILES string of the molecule is NC1CC(CC2CC2)N(C2CC2)C1. The highest BCUT2D eigenvalue weighted by Crippen LogP contribution is 2.40. The van der Waals surface area contributed by atoms with Crippen molar-refractivity contribution in [3.63, 3.8) is 0 Å². The molecule has 2 nitrogen and oxygen atoms in total. The predicted molar refractivity (Wildman–Crippen MR) is 53.4 cm³/mol. The van der Waals surface area contributed by atoms with Gasteiger partial charge in [0, 0.05) is 24.7 Å². The van der Waals surface area contributed by atoms with Crippen LogP contribution < -0.4 is 5.73 Å². The molecule has 3 aliphatic rings. The first kappa shape index (κ1) is 8.25. The van der Waals surface area contributed by atoms with Gasteiger partial charge in [-0.2, -0.15) is 0 Å². The molecule has 0 bridgehead atoms. The first-order chi connectivity index (χ1) is 6.33. The van der Waals surface area contributed by atoms with Crippen molar-refractivity contribution in [2.75, 3.05) is 6.54 Å². The van der Waals surface area contributed by atoms with Gasteiger partial charge in [0.15, 0.2) is 0 Å². The molecule has 0 aromatic rings. The van der Waals surface area contributed by atoms with Crippen LogP contribution in [0.25, 0.3) is 0 Å². The number of likely N-dealkylation sites (tertiary alicyclic amines) is 1. The van der Waals surface area contributed by atoms with Crippen LogP contribution in [0.1, 0.15) is 38.5 Å². The Morgan fingerprint density at radius 3 is 2.54 bits per heavy atom. The standard InChI is InChI=1S/C11H20N2/c12-9-6-11(5-8-1-2-8)13(7-9)10-3-4-10/h8-11H,1-7,12H2. The Morgan fingerprint density at radius 2 is 1.92 bits per heavy atom. The molecule has 2 saturated carbocycles. The summed E-state index contributed by atoms with van der Waals surface area (Å²) in [6.45, 7) is 1.18. The number of hydrogen-bond acceptors (Lipinski definition) is 2. The third-order valence-electron chi connectivity index (χ3n) is 3.81. The minimum Gasteiger partial charge on any atom is -0.326 e. The summed E-state index contributed by atoms with van der Waals surface area (Å²) in [5.41, 5.74) is 6.04. The minimum absolute atomic E-state index is 0.476. The molecule has 74 valence electrons.